The minimum absolute atomic E-state index is 0.0860. The SMILES string of the molecule is CN=C(NCCc1cccc(C(=O)NC)c1)NCc1nc(C)no1. The molecule has 0 atom stereocenters. The standard InChI is InChI=1S/C16H22N6O2/c1-11-21-14(24-22-11)10-20-16(18-3)19-8-7-12-5-4-6-13(9-12)15(23)17-2/h4-6,9H,7-8,10H2,1-3H3,(H,17,23)(H2,18,19,20). The third-order valence-corrected chi connectivity index (χ3v) is 3.32. The van der Waals surface area contributed by atoms with Crippen molar-refractivity contribution in [3.05, 3.63) is 47.1 Å². The monoisotopic (exact) mass is 330 g/mol. The Morgan fingerprint density at radius 3 is 2.83 bits per heavy atom. The fourth-order valence-corrected chi connectivity index (χ4v) is 2.13. The number of carbonyl (C=O) groups excluding carboxylic acids is 1. The van der Waals surface area contributed by atoms with Crippen LogP contribution in [0.5, 0.6) is 0 Å². The number of aromatic nitrogens is 2. The van der Waals surface area contributed by atoms with Crippen LogP contribution in [0.25, 0.3) is 0 Å². The number of carbonyl (C=O) groups is 1. The maximum atomic E-state index is 11.6. The number of nitrogens with zero attached hydrogens (tertiary/aromatic N) is 3. The summed E-state index contributed by atoms with van der Waals surface area (Å²) >= 11 is 0. The second-order valence-electron chi connectivity index (χ2n) is 5.12. The summed E-state index contributed by atoms with van der Waals surface area (Å²) in [5, 5.41) is 12.7. The number of amides is 1. The number of guanidine groups is 1. The molecule has 0 fully saturated rings. The van der Waals surface area contributed by atoms with Crippen LogP contribution in [0, 0.1) is 6.92 Å². The van der Waals surface area contributed by atoms with Crippen LogP contribution in [0.15, 0.2) is 33.8 Å². The molecule has 0 aliphatic carbocycles. The lowest BCUT2D eigenvalue weighted by Gasteiger charge is -2.10. The van der Waals surface area contributed by atoms with E-state index in [9.17, 15) is 4.79 Å². The lowest BCUT2D eigenvalue weighted by atomic mass is 10.1. The van der Waals surface area contributed by atoms with Gasteiger partial charge in [-0.05, 0) is 31.0 Å². The first-order chi connectivity index (χ1) is 11.6. The molecule has 24 heavy (non-hydrogen) atoms. The summed E-state index contributed by atoms with van der Waals surface area (Å²) in [5.41, 5.74) is 1.73. The quantitative estimate of drug-likeness (QED) is 0.530. The summed E-state index contributed by atoms with van der Waals surface area (Å²) in [6.45, 7) is 2.86. The molecule has 128 valence electrons. The van der Waals surface area contributed by atoms with E-state index in [1.54, 1.807) is 27.1 Å². The second-order valence-corrected chi connectivity index (χ2v) is 5.12. The van der Waals surface area contributed by atoms with E-state index in [1.165, 1.54) is 0 Å². The van der Waals surface area contributed by atoms with Crippen molar-refractivity contribution in [3.8, 4) is 0 Å². The third kappa shape index (κ3) is 5.08. The number of hydrogen-bond donors (Lipinski definition) is 3. The van der Waals surface area contributed by atoms with Crippen molar-refractivity contribution in [3.63, 3.8) is 0 Å². The summed E-state index contributed by atoms with van der Waals surface area (Å²) in [6, 6.07) is 7.55. The number of aryl methyl sites for hydroxylation is 1. The maximum Gasteiger partial charge on any atom is 0.251 e. The van der Waals surface area contributed by atoms with E-state index in [0.29, 0.717) is 36.3 Å². The Balaban J connectivity index is 1.80. The Morgan fingerprint density at radius 2 is 2.17 bits per heavy atom. The molecule has 0 spiro atoms. The van der Waals surface area contributed by atoms with E-state index >= 15 is 0 Å². The lowest BCUT2D eigenvalue weighted by molar-refractivity contribution is 0.0963. The molecule has 0 saturated carbocycles. The second kappa shape index (κ2) is 8.66. The van der Waals surface area contributed by atoms with Crippen molar-refractivity contribution in [1.82, 2.24) is 26.1 Å². The largest absolute Gasteiger partial charge is 0.356 e. The van der Waals surface area contributed by atoms with Gasteiger partial charge in [-0.3, -0.25) is 9.79 Å². The van der Waals surface area contributed by atoms with Crippen molar-refractivity contribution in [2.24, 2.45) is 4.99 Å². The fraction of sp³-hybridized carbons (Fsp3) is 0.375. The molecule has 2 aromatic rings. The van der Waals surface area contributed by atoms with Crippen molar-refractivity contribution >= 4 is 11.9 Å². The molecule has 2 rings (SSSR count). The van der Waals surface area contributed by atoms with E-state index in [2.05, 4.69) is 31.1 Å². The van der Waals surface area contributed by atoms with Gasteiger partial charge in [-0.15, -0.1) is 0 Å². The lowest BCUT2D eigenvalue weighted by Crippen LogP contribution is -2.37. The summed E-state index contributed by atoms with van der Waals surface area (Å²) in [6.07, 6.45) is 0.769. The van der Waals surface area contributed by atoms with Crippen LogP contribution in [-0.4, -0.2) is 42.6 Å². The van der Waals surface area contributed by atoms with Crippen LogP contribution in [-0.2, 0) is 13.0 Å². The summed E-state index contributed by atoms with van der Waals surface area (Å²) in [4.78, 5) is 19.9. The Bertz CT molecular complexity index is 710. The normalized spacial score (nSPS) is 11.2. The first-order valence-corrected chi connectivity index (χ1v) is 7.67. The van der Waals surface area contributed by atoms with E-state index in [-0.39, 0.29) is 5.91 Å². The van der Waals surface area contributed by atoms with Crippen molar-refractivity contribution in [2.45, 2.75) is 19.9 Å². The third-order valence-electron chi connectivity index (χ3n) is 3.32. The van der Waals surface area contributed by atoms with Crippen molar-refractivity contribution in [1.29, 1.82) is 0 Å². The van der Waals surface area contributed by atoms with Gasteiger partial charge in [0.1, 0.15) is 0 Å². The number of benzene rings is 1. The molecule has 1 aromatic heterocycles. The van der Waals surface area contributed by atoms with Crippen molar-refractivity contribution < 1.29 is 9.32 Å². The zero-order valence-corrected chi connectivity index (χ0v) is 14.1. The van der Waals surface area contributed by atoms with Gasteiger partial charge in [0.05, 0.1) is 6.54 Å². The summed E-state index contributed by atoms with van der Waals surface area (Å²) in [5.74, 6) is 1.67. The highest BCUT2D eigenvalue weighted by Gasteiger charge is 2.05. The Kier molecular flexibility index (Phi) is 6.30. The molecule has 8 nitrogen and oxygen atoms in total. The maximum absolute atomic E-state index is 11.6. The number of aliphatic imine (C=N–C) groups is 1. The molecule has 0 bridgehead atoms. The van der Waals surface area contributed by atoms with Gasteiger partial charge in [-0.25, -0.2) is 0 Å². The predicted octanol–water partition coefficient (Wildman–Crippen LogP) is 0.645. The van der Waals surface area contributed by atoms with Gasteiger partial charge in [0, 0.05) is 26.2 Å². The first kappa shape index (κ1) is 17.5. The number of hydrogen-bond acceptors (Lipinski definition) is 5. The molecule has 0 aliphatic rings. The highest BCUT2D eigenvalue weighted by atomic mass is 16.5. The molecular formula is C16H22N6O2. The molecule has 1 aromatic carbocycles. The molecular weight excluding hydrogens is 308 g/mol. The highest BCUT2D eigenvalue weighted by Crippen LogP contribution is 2.05. The summed E-state index contributed by atoms with van der Waals surface area (Å²) in [7, 11) is 3.32. The molecule has 0 aliphatic heterocycles. The zero-order chi connectivity index (χ0) is 17.4. The van der Waals surface area contributed by atoms with Gasteiger partial charge >= 0.3 is 0 Å². The predicted molar refractivity (Wildman–Crippen MR) is 90.8 cm³/mol. The smallest absolute Gasteiger partial charge is 0.251 e. The molecule has 0 saturated heterocycles. The topological polar surface area (TPSA) is 104 Å². The molecule has 1 heterocycles. The van der Waals surface area contributed by atoms with Gasteiger partial charge < -0.3 is 20.5 Å². The van der Waals surface area contributed by atoms with Crippen LogP contribution in [0.2, 0.25) is 0 Å². The Morgan fingerprint density at radius 1 is 1.33 bits per heavy atom. The van der Waals surface area contributed by atoms with Crippen LogP contribution in [0.1, 0.15) is 27.6 Å². The molecule has 0 radical (unpaired) electrons. The van der Waals surface area contributed by atoms with Crippen LogP contribution in [0.3, 0.4) is 0 Å². The van der Waals surface area contributed by atoms with Crippen LogP contribution >= 0.6 is 0 Å². The highest BCUT2D eigenvalue weighted by molar-refractivity contribution is 5.94. The first-order valence-electron chi connectivity index (χ1n) is 7.67. The summed E-state index contributed by atoms with van der Waals surface area (Å²) < 4.78 is 5.03. The van der Waals surface area contributed by atoms with Crippen LogP contribution in [0.4, 0.5) is 0 Å². The average Bonchev–Trinajstić information content (AvgIpc) is 3.02. The van der Waals surface area contributed by atoms with E-state index in [4.69, 9.17) is 4.52 Å². The van der Waals surface area contributed by atoms with Gasteiger partial charge in [-0.2, -0.15) is 4.98 Å². The fourth-order valence-electron chi connectivity index (χ4n) is 2.13. The molecule has 8 heteroatoms. The zero-order valence-electron chi connectivity index (χ0n) is 14.1. The van der Waals surface area contributed by atoms with Crippen molar-refractivity contribution in [2.75, 3.05) is 20.6 Å². The van der Waals surface area contributed by atoms with Crippen LogP contribution < -0.4 is 16.0 Å². The van der Waals surface area contributed by atoms with Gasteiger partial charge in [0.2, 0.25) is 5.89 Å². The number of rotatable bonds is 6. The average molecular weight is 330 g/mol. The number of nitrogens with one attached hydrogen (secondary N) is 3. The Labute approximate surface area is 140 Å². The van der Waals surface area contributed by atoms with Gasteiger partial charge in [0.15, 0.2) is 11.8 Å². The molecule has 3 N–H and O–H groups in total. The minimum Gasteiger partial charge on any atom is -0.356 e. The van der Waals surface area contributed by atoms with Gasteiger partial charge in [0.25, 0.3) is 5.91 Å². The van der Waals surface area contributed by atoms with E-state index in [0.717, 1.165) is 12.0 Å². The van der Waals surface area contributed by atoms with Gasteiger partial charge in [-0.1, -0.05) is 17.3 Å². The van der Waals surface area contributed by atoms with E-state index < -0.39 is 0 Å². The molecule has 0 unspecified atom stereocenters. The minimum atomic E-state index is -0.0860. The van der Waals surface area contributed by atoms with E-state index in [1.807, 2.05) is 18.2 Å². The Hall–Kier alpha value is -2.90. The molecule has 1 amide bonds.